The van der Waals surface area contributed by atoms with E-state index in [1.165, 1.54) is 34.4 Å². The largest absolute Gasteiger partial charge is 0.497 e. The summed E-state index contributed by atoms with van der Waals surface area (Å²) < 4.78 is 25.2. The van der Waals surface area contributed by atoms with Crippen LogP contribution in [0.2, 0.25) is 5.02 Å². The molecule has 57 heavy (non-hydrogen) atoms. The molecule has 1 saturated carbocycles. The third kappa shape index (κ3) is 8.15. The molecule has 3 aliphatic carbocycles. The number of aliphatic carboxylic acids is 1. The quantitative estimate of drug-likeness (QED) is 0.137. The van der Waals surface area contributed by atoms with E-state index in [4.69, 9.17) is 30.5 Å². The third-order valence-corrected chi connectivity index (χ3v) is 13.4. The van der Waals surface area contributed by atoms with Crippen LogP contribution in [0.4, 0.5) is 5.69 Å². The van der Waals surface area contributed by atoms with Crippen molar-refractivity contribution in [2.24, 2.45) is 11.8 Å². The number of fused-ring (bicyclic) bond motifs is 4. The van der Waals surface area contributed by atoms with Gasteiger partial charge in [0.1, 0.15) is 29.7 Å². The number of hydrogen-bond donors (Lipinski definition) is 2. The average Bonchev–Trinajstić information content (AvgIpc) is 3.47. The number of benzene rings is 3. The predicted molar refractivity (Wildman–Crippen MR) is 223 cm³/mol. The van der Waals surface area contributed by atoms with Crippen LogP contribution in [0.1, 0.15) is 92.7 Å². The first-order valence-corrected chi connectivity index (χ1v) is 21.1. The monoisotopic (exact) mass is 793 g/mol. The second-order valence-electron chi connectivity index (χ2n) is 17.2. The minimum absolute atomic E-state index is 0.133. The van der Waals surface area contributed by atoms with Crippen molar-refractivity contribution in [1.29, 1.82) is 0 Å². The van der Waals surface area contributed by atoms with Crippen LogP contribution in [0.25, 0.3) is 0 Å². The molecule has 4 atom stereocenters. The van der Waals surface area contributed by atoms with Crippen molar-refractivity contribution in [2.75, 3.05) is 39.2 Å². The molecule has 1 aliphatic heterocycles. The SMILES string of the molecule is COc1cccc(CN(C)CC2COc3cc4c(cc3O2)C2(CCC(Nc3cccc(Cl)c3)(C(=O)O)CC2)C(C[C@@H](C)COc2ccnc3c2[C@H](C)CCC3)C4)c1. The molecule has 1 aromatic heterocycles. The van der Waals surface area contributed by atoms with Crippen LogP contribution in [0.15, 0.2) is 72.9 Å². The first-order chi connectivity index (χ1) is 27.5. The van der Waals surface area contributed by atoms with Gasteiger partial charge >= 0.3 is 5.97 Å². The number of aryl methyl sites for hydroxylation is 1. The molecule has 0 saturated heterocycles. The summed E-state index contributed by atoms with van der Waals surface area (Å²) in [6.07, 6.45) is 9.42. The molecule has 1 spiro atoms. The lowest BCUT2D eigenvalue weighted by Gasteiger charge is -2.47. The second-order valence-corrected chi connectivity index (χ2v) is 17.7. The fourth-order valence-corrected chi connectivity index (χ4v) is 10.5. The van der Waals surface area contributed by atoms with Gasteiger partial charge in [-0.3, -0.25) is 9.88 Å². The molecule has 8 rings (SSSR count). The number of methoxy groups -OCH3 is 1. The lowest BCUT2D eigenvalue weighted by atomic mass is 9.59. The molecule has 0 amide bonds. The zero-order chi connectivity index (χ0) is 39.7. The highest BCUT2D eigenvalue weighted by atomic mass is 35.5. The van der Waals surface area contributed by atoms with E-state index < -0.39 is 11.5 Å². The van der Waals surface area contributed by atoms with Gasteiger partial charge < -0.3 is 29.4 Å². The van der Waals surface area contributed by atoms with E-state index in [9.17, 15) is 9.90 Å². The minimum Gasteiger partial charge on any atom is -0.497 e. The van der Waals surface area contributed by atoms with Gasteiger partial charge in [-0.25, -0.2) is 4.79 Å². The fourth-order valence-electron chi connectivity index (χ4n) is 10.3. The van der Waals surface area contributed by atoms with Crippen LogP contribution >= 0.6 is 11.6 Å². The van der Waals surface area contributed by atoms with E-state index in [-0.39, 0.29) is 17.4 Å². The zero-order valence-electron chi connectivity index (χ0n) is 33.7. The third-order valence-electron chi connectivity index (χ3n) is 13.2. The maximum atomic E-state index is 13.1. The molecule has 4 aromatic rings. The Morgan fingerprint density at radius 2 is 1.91 bits per heavy atom. The number of pyridine rings is 1. The van der Waals surface area contributed by atoms with Crippen molar-refractivity contribution in [3.05, 3.63) is 106 Å². The summed E-state index contributed by atoms with van der Waals surface area (Å²) in [4.78, 5) is 20.1. The Balaban J connectivity index is 1.03. The van der Waals surface area contributed by atoms with E-state index in [1.54, 1.807) is 19.2 Å². The number of carboxylic acids is 1. The number of rotatable bonds is 13. The van der Waals surface area contributed by atoms with Crippen molar-refractivity contribution >= 4 is 23.3 Å². The first-order valence-electron chi connectivity index (χ1n) is 20.7. The molecule has 0 radical (unpaired) electrons. The Hall–Kier alpha value is -4.47. The smallest absolute Gasteiger partial charge is 0.329 e. The lowest BCUT2D eigenvalue weighted by molar-refractivity contribution is -0.144. The minimum atomic E-state index is -1.10. The van der Waals surface area contributed by atoms with Crippen molar-refractivity contribution in [3.63, 3.8) is 0 Å². The number of likely N-dealkylation sites (N-methyl/N-ethyl adjacent to an activating group) is 1. The van der Waals surface area contributed by atoms with Crippen LogP contribution in [-0.2, 0) is 29.6 Å². The molecule has 0 bridgehead atoms. The highest BCUT2D eigenvalue weighted by Gasteiger charge is 2.54. The number of ether oxygens (including phenoxy) is 4. The normalized spacial score (nSPS) is 25.4. The summed E-state index contributed by atoms with van der Waals surface area (Å²) in [5.74, 6) is 3.61. The molecule has 1 fully saturated rings. The molecule has 3 aromatic carbocycles. The summed E-state index contributed by atoms with van der Waals surface area (Å²) >= 11 is 6.33. The number of hydrogen-bond acceptors (Lipinski definition) is 8. The second kappa shape index (κ2) is 16.4. The number of anilines is 1. The topological polar surface area (TPSA) is 102 Å². The first kappa shape index (κ1) is 39.4. The van der Waals surface area contributed by atoms with Crippen LogP contribution in [0, 0.1) is 11.8 Å². The van der Waals surface area contributed by atoms with Crippen LogP contribution < -0.4 is 24.3 Å². The van der Waals surface area contributed by atoms with E-state index in [2.05, 4.69) is 60.4 Å². The van der Waals surface area contributed by atoms with Crippen molar-refractivity contribution < 1.29 is 28.8 Å². The Kier molecular flexibility index (Phi) is 11.3. The number of carboxylic acid groups (broad SMARTS) is 1. The number of nitrogens with zero attached hydrogens (tertiary/aromatic N) is 2. The zero-order valence-corrected chi connectivity index (χ0v) is 34.4. The van der Waals surface area contributed by atoms with E-state index in [0.29, 0.717) is 49.5 Å². The molecule has 2 N–H and O–H groups in total. The summed E-state index contributed by atoms with van der Waals surface area (Å²) in [5, 5.41) is 14.7. The Morgan fingerprint density at radius 3 is 2.70 bits per heavy atom. The molecule has 9 nitrogen and oxygen atoms in total. The van der Waals surface area contributed by atoms with E-state index >= 15 is 0 Å². The summed E-state index contributed by atoms with van der Waals surface area (Å²) in [6, 6.07) is 22.0. The lowest BCUT2D eigenvalue weighted by Crippen LogP contribution is -2.53. The fraction of sp³-hybridized carbons (Fsp3) is 0.489. The van der Waals surface area contributed by atoms with Gasteiger partial charge in [-0.1, -0.05) is 43.6 Å². The summed E-state index contributed by atoms with van der Waals surface area (Å²) in [5.41, 5.74) is 5.62. The predicted octanol–water partition coefficient (Wildman–Crippen LogP) is 9.48. The van der Waals surface area contributed by atoms with Gasteiger partial charge in [-0.05, 0) is 153 Å². The van der Waals surface area contributed by atoms with E-state index in [1.807, 2.05) is 36.5 Å². The number of carbonyl (C=O) groups is 1. The Bertz CT molecular complexity index is 2080. The molecule has 2 unspecified atom stereocenters. The maximum absolute atomic E-state index is 13.1. The van der Waals surface area contributed by atoms with Gasteiger partial charge in [-0.15, -0.1) is 0 Å². The van der Waals surface area contributed by atoms with Gasteiger partial charge in [-0.2, -0.15) is 0 Å². The van der Waals surface area contributed by atoms with Gasteiger partial charge in [0.05, 0.1) is 13.7 Å². The van der Waals surface area contributed by atoms with Crippen molar-refractivity contribution in [3.8, 4) is 23.0 Å². The molecule has 10 heteroatoms. The van der Waals surface area contributed by atoms with Gasteiger partial charge in [0.25, 0.3) is 0 Å². The summed E-state index contributed by atoms with van der Waals surface area (Å²) in [6.45, 7) is 7.14. The van der Waals surface area contributed by atoms with Gasteiger partial charge in [0.2, 0.25) is 0 Å². The maximum Gasteiger partial charge on any atom is 0.329 e. The van der Waals surface area contributed by atoms with Crippen molar-refractivity contribution in [1.82, 2.24) is 9.88 Å². The highest BCUT2D eigenvalue weighted by molar-refractivity contribution is 6.30. The highest BCUT2D eigenvalue weighted by Crippen LogP contribution is 2.58. The van der Waals surface area contributed by atoms with Crippen LogP contribution in [0.3, 0.4) is 0 Å². The van der Waals surface area contributed by atoms with Crippen LogP contribution in [-0.4, -0.2) is 66.5 Å². The Morgan fingerprint density at radius 1 is 1.09 bits per heavy atom. The molecular weight excluding hydrogens is 738 g/mol. The van der Waals surface area contributed by atoms with E-state index in [0.717, 1.165) is 73.8 Å². The standard InChI is InChI=1S/C47H56ClN3O6/c1-30(28-55-41-14-19-49-40-13-5-8-31(2)44(40)41)20-34-22-33-23-42-43(57-38(29-56-42)27-51(3)26-32-9-6-12-37(21-32)54-4)25-39(33)46(34)15-17-47(18-16-46,45(52)53)50-36-11-7-10-35(48)24-36/h6-7,9-12,14,19,21,23-25,30-31,34,38,50H,5,8,13,15-18,20,22,26-29H2,1-4H3,(H,52,53)/t30-,31-,34?,38?,46?,47?/m1/s1. The molecule has 4 aliphatic rings. The van der Waals surface area contributed by atoms with Gasteiger partial charge in [0.15, 0.2) is 11.5 Å². The molecular formula is C47H56ClN3O6. The van der Waals surface area contributed by atoms with Crippen LogP contribution in [0.5, 0.6) is 23.0 Å². The molecule has 2 heterocycles. The van der Waals surface area contributed by atoms with Crippen molar-refractivity contribution in [2.45, 2.75) is 101 Å². The number of aromatic nitrogens is 1. The molecule has 302 valence electrons. The van der Waals surface area contributed by atoms with Gasteiger partial charge in [0, 0.05) is 41.3 Å². The summed E-state index contributed by atoms with van der Waals surface area (Å²) in [7, 11) is 3.79. The number of nitrogens with one attached hydrogen (secondary N) is 1. The Labute approximate surface area is 342 Å². The number of halogens is 1. The average molecular weight is 794 g/mol.